The Morgan fingerprint density at radius 1 is 1.19 bits per heavy atom. The number of sulfonamides is 1. The first-order valence-electron chi connectivity index (χ1n) is 8.59. The van der Waals surface area contributed by atoms with Crippen LogP contribution in [0.3, 0.4) is 0 Å². The lowest BCUT2D eigenvalue weighted by Crippen LogP contribution is -2.29. The van der Waals surface area contributed by atoms with Gasteiger partial charge in [-0.25, -0.2) is 8.42 Å². The van der Waals surface area contributed by atoms with Crippen LogP contribution in [0.25, 0.3) is 10.9 Å². The standard InChI is InChI=1S/C19H22N4O3S/c1-3-22-18-10-17(9-8-16(18)12-21-22)23(27(2,25)26)13-14-4-6-15(7-5-14)19(24)11-20/h4-10,12H,3,11,13,20H2,1-2H3. The fourth-order valence-electron chi connectivity index (χ4n) is 2.95. The summed E-state index contributed by atoms with van der Waals surface area (Å²) in [7, 11) is -3.50. The van der Waals surface area contributed by atoms with Crippen molar-refractivity contribution < 1.29 is 13.2 Å². The number of hydrogen-bond donors (Lipinski definition) is 1. The normalized spacial score (nSPS) is 11.7. The molecule has 0 aliphatic heterocycles. The second-order valence-corrected chi connectivity index (χ2v) is 8.20. The lowest BCUT2D eigenvalue weighted by Gasteiger charge is -2.23. The van der Waals surface area contributed by atoms with Crippen molar-refractivity contribution in [2.24, 2.45) is 5.73 Å². The van der Waals surface area contributed by atoms with Gasteiger partial charge in [0.15, 0.2) is 5.78 Å². The molecule has 0 fully saturated rings. The van der Waals surface area contributed by atoms with Crippen LogP contribution in [-0.2, 0) is 23.1 Å². The summed E-state index contributed by atoms with van der Waals surface area (Å²) >= 11 is 0. The number of ketones is 1. The molecule has 0 aliphatic rings. The molecule has 0 amide bonds. The van der Waals surface area contributed by atoms with Crippen molar-refractivity contribution in [3.8, 4) is 0 Å². The van der Waals surface area contributed by atoms with Gasteiger partial charge in [0.25, 0.3) is 0 Å². The molecule has 0 atom stereocenters. The first-order chi connectivity index (χ1) is 12.8. The molecule has 0 bridgehead atoms. The Labute approximate surface area is 158 Å². The van der Waals surface area contributed by atoms with Gasteiger partial charge < -0.3 is 5.73 Å². The topological polar surface area (TPSA) is 98.3 Å². The Balaban J connectivity index is 1.96. The highest BCUT2D eigenvalue weighted by Crippen LogP contribution is 2.25. The third-order valence-electron chi connectivity index (χ3n) is 4.40. The molecular formula is C19H22N4O3S. The van der Waals surface area contributed by atoms with E-state index < -0.39 is 10.0 Å². The summed E-state index contributed by atoms with van der Waals surface area (Å²) in [5, 5.41) is 5.26. The maximum Gasteiger partial charge on any atom is 0.232 e. The summed E-state index contributed by atoms with van der Waals surface area (Å²) in [5.41, 5.74) is 8.12. The Morgan fingerprint density at radius 3 is 2.48 bits per heavy atom. The van der Waals surface area contributed by atoms with E-state index in [1.54, 1.807) is 36.5 Å². The molecule has 0 radical (unpaired) electrons. The highest BCUT2D eigenvalue weighted by molar-refractivity contribution is 7.92. The van der Waals surface area contributed by atoms with Crippen LogP contribution < -0.4 is 10.0 Å². The molecule has 0 unspecified atom stereocenters. The van der Waals surface area contributed by atoms with Crippen molar-refractivity contribution in [1.82, 2.24) is 9.78 Å². The van der Waals surface area contributed by atoms with Gasteiger partial charge >= 0.3 is 0 Å². The molecule has 0 saturated heterocycles. The molecule has 0 spiro atoms. The number of benzene rings is 2. The van der Waals surface area contributed by atoms with Crippen molar-refractivity contribution in [2.45, 2.75) is 20.0 Å². The summed E-state index contributed by atoms with van der Waals surface area (Å²) in [4.78, 5) is 11.6. The van der Waals surface area contributed by atoms with E-state index in [4.69, 9.17) is 5.73 Å². The summed E-state index contributed by atoms with van der Waals surface area (Å²) < 4.78 is 28.0. The predicted molar refractivity (Wildman–Crippen MR) is 106 cm³/mol. The fourth-order valence-corrected chi connectivity index (χ4v) is 3.83. The quantitative estimate of drug-likeness (QED) is 0.628. The van der Waals surface area contributed by atoms with Crippen LogP contribution in [0.2, 0.25) is 0 Å². The maximum absolute atomic E-state index is 12.4. The monoisotopic (exact) mass is 386 g/mol. The smallest absolute Gasteiger partial charge is 0.232 e. The number of aromatic nitrogens is 2. The molecule has 0 aliphatic carbocycles. The minimum atomic E-state index is -3.50. The first-order valence-corrected chi connectivity index (χ1v) is 10.4. The number of aryl methyl sites for hydroxylation is 1. The maximum atomic E-state index is 12.4. The molecule has 3 rings (SSSR count). The van der Waals surface area contributed by atoms with Gasteiger partial charge in [0.1, 0.15) is 0 Å². The Hall–Kier alpha value is -2.71. The van der Waals surface area contributed by atoms with Crippen molar-refractivity contribution in [2.75, 3.05) is 17.1 Å². The lowest BCUT2D eigenvalue weighted by atomic mass is 10.1. The zero-order chi connectivity index (χ0) is 19.6. The minimum Gasteiger partial charge on any atom is -0.324 e. The number of carbonyl (C=O) groups is 1. The average molecular weight is 386 g/mol. The van der Waals surface area contributed by atoms with Gasteiger partial charge in [-0.1, -0.05) is 24.3 Å². The third-order valence-corrected chi connectivity index (χ3v) is 5.54. The van der Waals surface area contributed by atoms with Crippen LogP contribution in [0, 0.1) is 0 Å². The Bertz CT molecular complexity index is 1070. The predicted octanol–water partition coefficient (Wildman–Crippen LogP) is 2.16. The van der Waals surface area contributed by atoms with Gasteiger partial charge in [0, 0.05) is 17.5 Å². The Morgan fingerprint density at radius 2 is 1.89 bits per heavy atom. The largest absolute Gasteiger partial charge is 0.324 e. The lowest BCUT2D eigenvalue weighted by molar-refractivity contribution is 0.100. The summed E-state index contributed by atoms with van der Waals surface area (Å²) in [6, 6.07) is 12.3. The van der Waals surface area contributed by atoms with Crippen molar-refractivity contribution in [3.05, 3.63) is 59.8 Å². The van der Waals surface area contributed by atoms with Gasteiger partial charge in [-0.3, -0.25) is 13.8 Å². The summed E-state index contributed by atoms with van der Waals surface area (Å²) in [5.74, 6) is -0.153. The van der Waals surface area contributed by atoms with Crippen LogP contribution in [0.1, 0.15) is 22.8 Å². The van der Waals surface area contributed by atoms with Gasteiger partial charge in [0.2, 0.25) is 10.0 Å². The molecule has 1 aromatic heterocycles. The number of hydrogen-bond acceptors (Lipinski definition) is 5. The molecule has 3 aromatic rings. The van der Waals surface area contributed by atoms with Crippen LogP contribution in [0.15, 0.2) is 48.7 Å². The Kier molecular flexibility index (Phi) is 5.29. The van der Waals surface area contributed by atoms with Crippen molar-refractivity contribution >= 4 is 32.4 Å². The second-order valence-electron chi connectivity index (χ2n) is 6.30. The first kappa shape index (κ1) is 19.1. The molecule has 2 aromatic carbocycles. The molecule has 2 N–H and O–H groups in total. The number of fused-ring (bicyclic) bond motifs is 1. The van der Waals surface area contributed by atoms with E-state index in [-0.39, 0.29) is 18.9 Å². The van der Waals surface area contributed by atoms with E-state index >= 15 is 0 Å². The van der Waals surface area contributed by atoms with Gasteiger partial charge in [0.05, 0.1) is 36.7 Å². The van der Waals surface area contributed by atoms with E-state index in [1.165, 1.54) is 10.6 Å². The number of carbonyl (C=O) groups excluding carboxylic acids is 1. The molecule has 8 heteroatoms. The van der Waals surface area contributed by atoms with Crippen molar-refractivity contribution in [1.29, 1.82) is 0 Å². The molecule has 27 heavy (non-hydrogen) atoms. The molecular weight excluding hydrogens is 364 g/mol. The van der Waals surface area contributed by atoms with Crippen LogP contribution >= 0.6 is 0 Å². The van der Waals surface area contributed by atoms with Crippen LogP contribution in [-0.4, -0.2) is 36.8 Å². The summed E-state index contributed by atoms with van der Waals surface area (Å²) in [6.07, 6.45) is 2.95. The number of nitrogens with two attached hydrogens (primary N) is 1. The third kappa shape index (κ3) is 4.01. The average Bonchev–Trinajstić information content (AvgIpc) is 3.07. The second kappa shape index (κ2) is 7.50. The molecule has 7 nitrogen and oxygen atoms in total. The zero-order valence-electron chi connectivity index (χ0n) is 15.3. The van der Waals surface area contributed by atoms with Crippen LogP contribution in [0.5, 0.6) is 0 Å². The molecule has 142 valence electrons. The van der Waals surface area contributed by atoms with E-state index in [0.29, 0.717) is 17.8 Å². The number of rotatable bonds is 7. The van der Waals surface area contributed by atoms with Crippen LogP contribution in [0.4, 0.5) is 5.69 Å². The van der Waals surface area contributed by atoms with E-state index in [0.717, 1.165) is 16.5 Å². The van der Waals surface area contributed by atoms with E-state index in [2.05, 4.69) is 5.10 Å². The minimum absolute atomic E-state index is 0.0556. The zero-order valence-corrected chi connectivity index (χ0v) is 16.1. The highest BCUT2D eigenvalue weighted by Gasteiger charge is 2.19. The van der Waals surface area contributed by atoms with E-state index in [1.807, 2.05) is 23.7 Å². The highest BCUT2D eigenvalue weighted by atomic mass is 32.2. The molecule has 1 heterocycles. The molecule has 0 saturated carbocycles. The van der Waals surface area contributed by atoms with Gasteiger partial charge in [-0.05, 0) is 30.7 Å². The number of Topliss-reactive ketones (excluding diaryl/α,β-unsaturated/α-hetero) is 1. The van der Waals surface area contributed by atoms with Gasteiger partial charge in [-0.2, -0.15) is 5.10 Å². The van der Waals surface area contributed by atoms with E-state index in [9.17, 15) is 13.2 Å². The fraction of sp³-hybridized carbons (Fsp3) is 0.263. The SMILES string of the molecule is CCn1ncc2ccc(N(Cc3ccc(C(=O)CN)cc3)S(C)(=O)=O)cc21. The van der Waals surface area contributed by atoms with Crippen molar-refractivity contribution in [3.63, 3.8) is 0 Å². The van der Waals surface area contributed by atoms with Gasteiger partial charge in [-0.15, -0.1) is 0 Å². The number of nitrogens with zero attached hydrogens (tertiary/aromatic N) is 3. The summed E-state index contributed by atoms with van der Waals surface area (Å²) in [6.45, 7) is 2.79. The number of anilines is 1.